The smallest absolute Gasteiger partial charge is 0.338 e. The first-order valence-electron chi connectivity index (χ1n) is 5.15. The van der Waals surface area contributed by atoms with Crippen LogP contribution in [0, 0.1) is 0 Å². The van der Waals surface area contributed by atoms with Crippen LogP contribution < -0.4 is 15.1 Å². The SMILES string of the molecule is COC(=O)c1cc(=O)oc2cc3c(cc12)OCO3. The number of esters is 1. The first-order chi connectivity index (χ1) is 8.69. The largest absolute Gasteiger partial charge is 0.465 e. The molecule has 0 saturated heterocycles. The summed E-state index contributed by atoms with van der Waals surface area (Å²) in [5.74, 6) is 0.376. The van der Waals surface area contributed by atoms with Gasteiger partial charge in [0.15, 0.2) is 11.5 Å². The summed E-state index contributed by atoms with van der Waals surface area (Å²) in [6.45, 7) is 0.101. The number of hydrogen-bond acceptors (Lipinski definition) is 6. The summed E-state index contributed by atoms with van der Waals surface area (Å²) in [5, 5.41) is 0.450. The predicted molar refractivity (Wildman–Crippen MR) is 59.9 cm³/mol. The van der Waals surface area contributed by atoms with Crippen LogP contribution in [0.15, 0.2) is 27.4 Å². The molecule has 6 heteroatoms. The van der Waals surface area contributed by atoms with Crippen molar-refractivity contribution in [2.45, 2.75) is 0 Å². The lowest BCUT2D eigenvalue weighted by atomic mass is 10.1. The van der Waals surface area contributed by atoms with Gasteiger partial charge in [-0.2, -0.15) is 0 Å². The molecular weight excluding hydrogens is 240 g/mol. The van der Waals surface area contributed by atoms with Crippen molar-refractivity contribution in [3.63, 3.8) is 0 Å². The molecule has 0 radical (unpaired) electrons. The second-order valence-electron chi connectivity index (χ2n) is 3.67. The molecular formula is C12H8O6. The van der Waals surface area contributed by atoms with E-state index in [1.165, 1.54) is 13.2 Å². The molecule has 1 aliphatic rings. The van der Waals surface area contributed by atoms with Crippen molar-refractivity contribution in [2.24, 2.45) is 0 Å². The Hall–Kier alpha value is -2.50. The van der Waals surface area contributed by atoms with Gasteiger partial charge >= 0.3 is 11.6 Å². The predicted octanol–water partition coefficient (Wildman–Crippen LogP) is 1.31. The minimum absolute atomic E-state index is 0.101. The molecule has 18 heavy (non-hydrogen) atoms. The molecule has 0 fully saturated rings. The summed E-state index contributed by atoms with van der Waals surface area (Å²) in [5.41, 5.74) is -0.226. The molecule has 0 amide bonds. The molecule has 0 N–H and O–H groups in total. The molecule has 1 aliphatic heterocycles. The summed E-state index contributed by atoms with van der Waals surface area (Å²) in [6.07, 6.45) is 0. The Balaban J connectivity index is 2.35. The molecule has 0 unspecified atom stereocenters. The quantitative estimate of drug-likeness (QED) is 0.559. The standard InChI is InChI=1S/C12H8O6/c1-15-12(14)7-3-11(13)18-8-4-10-9(2-6(7)8)16-5-17-10/h2-4H,5H2,1H3. The molecule has 0 saturated carbocycles. The Morgan fingerprint density at radius 1 is 1.22 bits per heavy atom. The highest BCUT2D eigenvalue weighted by atomic mass is 16.7. The number of carbonyl (C=O) groups is 1. The number of rotatable bonds is 1. The summed E-state index contributed by atoms with van der Waals surface area (Å²) in [6, 6.07) is 4.20. The van der Waals surface area contributed by atoms with E-state index in [4.69, 9.17) is 13.9 Å². The van der Waals surface area contributed by atoms with Gasteiger partial charge in [-0.25, -0.2) is 9.59 Å². The summed E-state index contributed by atoms with van der Waals surface area (Å²) in [7, 11) is 1.25. The maximum absolute atomic E-state index is 11.6. The second kappa shape index (κ2) is 3.76. The molecule has 6 nitrogen and oxygen atoms in total. The average molecular weight is 248 g/mol. The minimum atomic E-state index is -0.623. The van der Waals surface area contributed by atoms with Gasteiger partial charge in [0, 0.05) is 17.5 Å². The number of ether oxygens (including phenoxy) is 3. The average Bonchev–Trinajstić information content (AvgIpc) is 2.81. The molecule has 92 valence electrons. The topological polar surface area (TPSA) is 75.0 Å². The first kappa shape index (κ1) is 10.6. The normalized spacial score (nSPS) is 12.7. The van der Waals surface area contributed by atoms with Crippen LogP contribution in [-0.2, 0) is 4.74 Å². The Morgan fingerprint density at radius 2 is 1.94 bits per heavy atom. The van der Waals surface area contributed by atoms with Crippen LogP contribution >= 0.6 is 0 Å². The van der Waals surface area contributed by atoms with Crippen LogP contribution in [0.1, 0.15) is 10.4 Å². The zero-order valence-corrected chi connectivity index (χ0v) is 9.39. The van der Waals surface area contributed by atoms with E-state index >= 15 is 0 Å². The highest BCUT2D eigenvalue weighted by molar-refractivity contribution is 6.03. The van der Waals surface area contributed by atoms with E-state index in [1.54, 1.807) is 6.07 Å². The molecule has 1 aromatic carbocycles. The molecule has 2 heterocycles. The number of hydrogen-bond donors (Lipinski definition) is 0. The molecule has 2 aromatic rings. The summed E-state index contributed by atoms with van der Waals surface area (Å²) in [4.78, 5) is 23.0. The fourth-order valence-corrected chi connectivity index (χ4v) is 1.83. The molecule has 0 spiro atoms. The van der Waals surface area contributed by atoms with Crippen molar-refractivity contribution in [1.82, 2.24) is 0 Å². The van der Waals surface area contributed by atoms with E-state index in [0.29, 0.717) is 16.9 Å². The van der Waals surface area contributed by atoms with E-state index in [0.717, 1.165) is 6.07 Å². The fourth-order valence-electron chi connectivity index (χ4n) is 1.83. The van der Waals surface area contributed by atoms with Gasteiger partial charge in [-0.1, -0.05) is 0 Å². The number of fused-ring (bicyclic) bond motifs is 2. The van der Waals surface area contributed by atoms with Gasteiger partial charge in [-0.3, -0.25) is 0 Å². The third-order valence-corrected chi connectivity index (χ3v) is 2.64. The summed E-state index contributed by atoms with van der Waals surface area (Å²) < 4.78 is 20.0. The lowest BCUT2D eigenvalue weighted by molar-refractivity contribution is 0.0602. The van der Waals surface area contributed by atoms with E-state index in [2.05, 4.69) is 4.74 Å². The second-order valence-corrected chi connectivity index (χ2v) is 3.67. The van der Waals surface area contributed by atoms with E-state index in [9.17, 15) is 9.59 Å². The zero-order valence-electron chi connectivity index (χ0n) is 9.39. The van der Waals surface area contributed by atoms with Crippen LogP contribution in [-0.4, -0.2) is 19.9 Å². The third-order valence-electron chi connectivity index (χ3n) is 2.64. The van der Waals surface area contributed by atoms with E-state index < -0.39 is 11.6 Å². The monoisotopic (exact) mass is 248 g/mol. The third kappa shape index (κ3) is 1.50. The Kier molecular flexibility index (Phi) is 2.22. The highest BCUT2D eigenvalue weighted by Gasteiger charge is 2.20. The van der Waals surface area contributed by atoms with Gasteiger partial charge in [0.05, 0.1) is 12.7 Å². The number of methoxy groups -OCH3 is 1. The van der Waals surface area contributed by atoms with Crippen molar-refractivity contribution in [2.75, 3.05) is 13.9 Å². The first-order valence-corrected chi connectivity index (χ1v) is 5.15. The van der Waals surface area contributed by atoms with E-state index in [1.807, 2.05) is 0 Å². The molecule has 3 rings (SSSR count). The zero-order chi connectivity index (χ0) is 12.7. The van der Waals surface area contributed by atoms with Gasteiger partial charge in [-0.05, 0) is 6.07 Å². The molecule has 1 aromatic heterocycles. The van der Waals surface area contributed by atoms with Crippen LogP contribution in [0.3, 0.4) is 0 Å². The molecule has 0 atom stereocenters. The Bertz CT molecular complexity index is 700. The van der Waals surface area contributed by atoms with Gasteiger partial charge in [0.1, 0.15) is 5.58 Å². The highest BCUT2D eigenvalue weighted by Crippen LogP contribution is 2.36. The van der Waals surface area contributed by atoms with Crippen LogP contribution in [0.5, 0.6) is 11.5 Å². The molecule has 0 aliphatic carbocycles. The lowest BCUT2D eigenvalue weighted by Gasteiger charge is -2.04. The van der Waals surface area contributed by atoms with Gasteiger partial charge < -0.3 is 18.6 Å². The van der Waals surface area contributed by atoms with Crippen LogP contribution in [0.2, 0.25) is 0 Å². The summed E-state index contributed by atoms with van der Waals surface area (Å²) >= 11 is 0. The van der Waals surface area contributed by atoms with Crippen molar-refractivity contribution >= 4 is 16.9 Å². The Morgan fingerprint density at radius 3 is 2.67 bits per heavy atom. The van der Waals surface area contributed by atoms with Crippen molar-refractivity contribution in [1.29, 1.82) is 0 Å². The maximum Gasteiger partial charge on any atom is 0.338 e. The van der Waals surface area contributed by atoms with Gasteiger partial charge in [0.25, 0.3) is 0 Å². The Labute approximate surface area is 101 Å². The van der Waals surface area contributed by atoms with Gasteiger partial charge in [-0.15, -0.1) is 0 Å². The maximum atomic E-state index is 11.6. The van der Waals surface area contributed by atoms with Crippen LogP contribution in [0.4, 0.5) is 0 Å². The van der Waals surface area contributed by atoms with Crippen molar-refractivity contribution in [3.05, 3.63) is 34.2 Å². The van der Waals surface area contributed by atoms with E-state index in [-0.39, 0.29) is 17.9 Å². The minimum Gasteiger partial charge on any atom is -0.465 e. The number of benzene rings is 1. The molecule has 0 bridgehead atoms. The fraction of sp³-hybridized carbons (Fsp3) is 0.167. The van der Waals surface area contributed by atoms with Gasteiger partial charge in [0.2, 0.25) is 6.79 Å². The van der Waals surface area contributed by atoms with Crippen molar-refractivity contribution in [3.8, 4) is 11.5 Å². The van der Waals surface area contributed by atoms with Crippen LogP contribution in [0.25, 0.3) is 11.0 Å². The van der Waals surface area contributed by atoms with Crippen molar-refractivity contribution < 1.29 is 23.4 Å². The lowest BCUT2D eigenvalue weighted by Crippen LogP contribution is -2.08. The number of carbonyl (C=O) groups excluding carboxylic acids is 1.